The Balaban J connectivity index is 1.42. The molecule has 0 bridgehead atoms. The third kappa shape index (κ3) is 5.93. The van der Waals surface area contributed by atoms with E-state index in [4.69, 9.17) is 9.47 Å². The van der Waals surface area contributed by atoms with Crippen LogP contribution in [-0.4, -0.2) is 54.2 Å². The first-order chi connectivity index (χ1) is 20.3. The van der Waals surface area contributed by atoms with E-state index in [1.807, 2.05) is 0 Å². The second-order valence-corrected chi connectivity index (χ2v) is 14.9. The summed E-state index contributed by atoms with van der Waals surface area (Å²) in [4.78, 5) is 0. The van der Waals surface area contributed by atoms with E-state index in [1.165, 1.54) is 16.8 Å². The summed E-state index contributed by atoms with van der Waals surface area (Å²) in [6.45, 7) is 11.6. The fraction of sp³-hybridized carbons (Fsp3) is 0.750. The van der Waals surface area contributed by atoms with Crippen LogP contribution in [0.25, 0.3) is 0 Å². The van der Waals surface area contributed by atoms with Crippen molar-refractivity contribution >= 4 is 11.8 Å². The molecule has 1 saturated heterocycles. The SMILES string of the molecule is CC/C=C\CNC1=C(/C=C/CC)CC2(C)C(=C1)CCC1C2C(O)CC2(C)C1CCC2(CSCC#N)OCC1CCCO1. The largest absolute Gasteiger partial charge is 0.393 e. The molecular weight excluding hydrogens is 540 g/mol. The van der Waals surface area contributed by atoms with E-state index in [0.717, 1.165) is 83.1 Å². The van der Waals surface area contributed by atoms with E-state index < -0.39 is 0 Å². The summed E-state index contributed by atoms with van der Waals surface area (Å²) in [5.41, 5.74) is 3.69. The predicted octanol–water partition coefficient (Wildman–Crippen LogP) is 7.50. The number of rotatable bonds is 12. The monoisotopic (exact) mass is 594 g/mol. The average Bonchev–Trinajstić information content (AvgIpc) is 3.59. The molecule has 0 amide bonds. The maximum atomic E-state index is 12.2. The minimum absolute atomic E-state index is 0.0408. The van der Waals surface area contributed by atoms with E-state index >= 15 is 0 Å². The number of thioether (sulfide) groups is 1. The lowest BCUT2D eigenvalue weighted by molar-refractivity contribution is -0.188. The van der Waals surface area contributed by atoms with Crippen LogP contribution in [0.1, 0.15) is 91.9 Å². The summed E-state index contributed by atoms with van der Waals surface area (Å²) in [5.74, 6) is 2.56. The summed E-state index contributed by atoms with van der Waals surface area (Å²) < 4.78 is 12.9. The predicted molar refractivity (Wildman–Crippen MR) is 173 cm³/mol. The van der Waals surface area contributed by atoms with Gasteiger partial charge in [0.2, 0.25) is 0 Å². The van der Waals surface area contributed by atoms with Gasteiger partial charge in [-0.15, -0.1) is 11.8 Å². The number of ether oxygens (including phenoxy) is 2. The van der Waals surface area contributed by atoms with Gasteiger partial charge in [0.05, 0.1) is 36.2 Å². The Morgan fingerprint density at radius 3 is 2.76 bits per heavy atom. The lowest BCUT2D eigenvalue weighted by Crippen LogP contribution is -2.61. The highest BCUT2D eigenvalue weighted by molar-refractivity contribution is 7.99. The molecule has 0 aromatic carbocycles. The standard InChI is InChI=1S/C36H54N2O3S/c1-5-7-9-18-38-31-21-27-13-14-29-30-15-16-36(25-42-20-17-37,41-24-28-12-10-19-40-28)35(30,4)23-32(39)33(29)34(27,3)22-26(31)11-8-6-2/h7-9,11,21,28-30,32-33,38-39H,5-6,10,12-16,18-20,22-25H2,1-4H3/b9-7-,11-8+. The summed E-state index contributed by atoms with van der Waals surface area (Å²) in [5, 5.41) is 25.3. The van der Waals surface area contributed by atoms with Crippen molar-refractivity contribution in [1.82, 2.24) is 5.32 Å². The van der Waals surface area contributed by atoms with Gasteiger partial charge >= 0.3 is 0 Å². The molecular formula is C36H54N2O3S. The molecule has 0 aromatic rings. The van der Waals surface area contributed by atoms with Gasteiger partial charge < -0.3 is 19.9 Å². The van der Waals surface area contributed by atoms with Crippen molar-refractivity contribution in [2.45, 2.75) is 110 Å². The van der Waals surface area contributed by atoms with Gasteiger partial charge in [0.15, 0.2) is 0 Å². The first-order valence-corrected chi connectivity index (χ1v) is 17.8. The lowest BCUT2D eigenvalue weighted by Gasteiger charge is -2.61. The summed E-state index contributed by atoms with van der Waals surface area (Å²) in [7, 11) is 0. The average molecular weight is 595 g/mol. The summed E-state index contributed by atoms with van der Waals surface area (Å²) in [6.07, 6.45) is 21.7. The number of hydrogen-bond donors (Lipinski definition) is 2. The quantitative estimate of drug-likeness (QED) is 0.180. The van der Waals surface area contributed by atoms with Crippen molar-refractivity contribution in [1.29, 1.82) is 5.26 Å². The molecule has 42 heavy (non-hydrogen) atoms. The fourth-order valence-corrected chi connectivity index (χ4v) is 10.7. The van der Waals surface area contributed by atoms with E-state index in [9.17, 15) is 10.4 Å². The number of fused-ring (bicyclic) bond motifs is 5. The van der Waals surface area contributed by atoms with Crippen molar-refractivity contribution in [3.05, 3.63) is 47.2 Å². The molecule has 8 atom stereocenters. The second kappa shape index (κ2) is 13.6. The van der Waals surface area contributed by atoms with Gasteiger partial charge in [-0.2, -0.15) is 5.26 Å². The molecule has 2 N–H and O–H groups in total. The molecule has 4 aliphatic carbocycles. The van der Waals surface area contributed by atoms with Gasteiger partial charge in [-0.05, 0) is 99.0 Å². The highest BCUT2D eigenvalue weighted by atomic mass is 32.2. The van der Waals surface area contributed by atoms with Crippen LogP contribution in [-0.2, 0) is 9.47 Å². The zero-order valence-electron chi connectivity index (χ0n) is 26.5. The van der Waals surface area contributed by atoms with Crippen molar-refractivity contribution in [3.63, 3.8) is 0 Å². The first-order valence-electron chi connectivity index (χ1n) is 16.7. The second-order valence-electron chi connectivity index (χ2n) is 13.9. The molecule has 0 radical (unpaired) electrons. The van der Waals surface area contributed by atoms with Crippen LogP contribution in [0.5, 0.6) is 0 Å². The van der Waals surface area contributed by atoms with Crippen LogP contribution in [0.2, 0.25) is 0 Å². The fourth-order valence-electron chi connectivity index (χ4n) is 9.58. The van der Waals surface area contributed by atoms with Gasteiger partial charge in [0.25, 0.3) is 0 Å². The molecule has 3 saturated carbocycles. The van der Waals surface area contributed by atoms with Crippen LogP contribution in [0.3, 0.4) is 0 Å². The molecule has 1 aliphatic heterocycles. The normalized spacial score (nSPS) is 39.7. The number of hydrogen-bond acceptors (Lipinski definition) is 6. The zero-order valence-corrected chi connectivity index (χ0v) is 27.3. The van der Waals surface area contributed by atoms with Crippen molar-refractivity contribution in [2.75, 3.05) is 31.3 Å². The van der Waals surface area contributed by atoms with Gasteiger partial charge in [-0.3, -0.25) is 0 Å². The van der Waals surface area contributed by atoms with Gasteiger partial charge in [-0.25, -0.2) is 0 Å². The Bertz CT molecular complexity index is 1120. The third-order valence-electron chi connectivity index (χ3n) is 11.6. The van der Waals surface area contributed by atoms with E-state index in [0.29, 0.717) is 24.2 Å². The lowest BCUT2D eigenvalue weighted by atomic mass is 9.45. The van der Waals surface area contributed by atoms with Crippen LogP contribution < -0.4 is 5.32 Å². The minimum atomic E-state index is -0.367. The number of nitrogens with zero attached hydrogens (tertiary/aromatic N) is 1. The summed E-state index contributed by atoms with van der Waals surface area (Å²) in [6, 6.07) is 2.33. The third-order valence-corrected chi connectivity index (χ3v) is 12.6. The zero-order chi connectivity index (χ0) is 29.8. The smallest absolute Gasteiger partial charge is 0.0831 e. The van der Waals surface area contributed by atoms with E-state index in [-0.39, 0.29) is 34.6 Å². The Hall–Kier alpha value is -1.52. The number of aliphatic hydroxyl groups excluding tert-OH is 1. The molecule has 8 unspecified atom stereocenters. The number of aliphatic hydroxyl groups is 1. The van der Waals surface area contributed by atoms with Crippen LogP contribution in [0.15, 0.2) is 47.2 Å². The van der Waals surface area contributed by atoms with Gasteiger partial charge in [0, 0.05) is 30.0 Å². The molecule has 5 rings (SSSR count). The highest BCUT2D eigenvalue weighted by Crippen LogP contribution is 2.69. The van der Waals surface area contributed by atoms with E-state index in [1.54, 1.807) is 11.8 Å². The highest BCUT2D eigenvalue weighted by Gasteiger charge is 2.67. The molecule has 0 aromatic heterocycles. The number of nitriles is 1. The number of nitrogens with one attached hydrogen (secondary N) is 1. The van der Waals surface area contributed by atoms with Gasteiger partial charge in [-0.1, -0.05) is 57.6 Å². The molecule has 4 fully saturated rings. The Kier molecular flexibility index (Phi) is 10.4. The van der Waals surface area contributed by atoms with Crippen molar-refractivity contribution in [2.24, 2.45) is 28.6 Å². The minimum Gasteiger partial charge on any atom is -0.393 e. The Labute approximate surface area is 259 Å². The first kappa shape index (κ1) is 31.9. The molecule has 232 valence electrons. The topological polar surface area (TPSA) is 74.5 Å². The van der Waals surface area contributed by atoms with Crippen molar-refractivity contribution < 1.29 is 14.6 Å². The van der Waals surface area contributed by atoms with Crippen molar-refractivity contribution in [3.8, 4) is 6.07 Å². The van der Waals surface area contributed by atoms with E-state index in [2.05, 4.69) is 69.5 Å². The Morgan fingerprint density at radius 1 is 1.19 bits per heavy atom. The van der Waals surface area contributed by atoms with Gasteiger partial charge in [0.1, 0.15) is 0 Å². The molecule has 5 aliphatic rings. The van der Waals surface area contributed by atoms with Crippen LogP contribution in [0.4, 0.5) is 0 Å². The molecule has 5 nitrogen and oxygen atoms in total. The molecule has 6 heteroatoms. The molecule has 0 spiro atoms. The van der Waals surface area contributed by atoms with Crippen LogP contribution in [0, 0.1) is 39.9 Å². The number of allylic oxidation sites excluding steroid dienone is 6. The maximum Gasteiger partial charge on any atom is 0.0831 e. The summed E-state index contributed by atoms with van der Waals surface area (Å²) >= 11 is 1.71. The molecule has 1 heterocycles. The maximum absolute atomic E-state index is 12.2. The Morgan fingerprint density at radius 2 is 2.02 bits per heavy atom. The van der Waals surface area contributed by atoms with Crippen LogP contribution >= 0.6 is 11.8 Å².